The van der Waals surface area contributed by atoms with Gasteiger partial charge < -0.3 is 5.11 Å². The molecule has 1 aromatic carbocycles. The Hall–Kier alpha value is -1.08. The van der Waals surface area contributed by atoms with E-state index >= 15 is 0 Å². The van der Waals surface area contributed by atoms with Gasteiger partial charge in [0.2, 0.25) is 0 Å². The Kier molecular flexibility index (Phi) is 1.96. The topological polar surface area (TPSA) is 20.2 Å². The second-order valence-corrected chi connectivity index (χ2v) is 3.11. The highest BCUT2D eigenvalue weighted by Crippen LogP contribution is 2.31. The number of benzene rings is 1. The van der Waals surface area contributed by atoms with E-state index in [1.165, 1.54) is 11.1 Å². The summed E-state index contributed by atoms with van der Waals surface area (Å²) in [6.45, 7) is 0.267. The van der Waals surface area contributed by atoms with Crippen molar-refractivity contribution in [2.24, 2.45) is 0 Å². The fraction of sp³-hybridized carbons (Fsp3) is 0.273. The van der Waals surface area contributed by atoms with Crippen molar-refractivity contribution in [3.05, 3.63) is 41.5 Å². The summed E-state index contributed by atoms with van der Waals surface area (Å²) in [5.74, 6) is 0.436. The minimum atomic E-state index is 0.267. The molecule has 1 aliphatic carbocycles. The normalized spacial score (nSPS) is 19.6. The maximum atomic E-state index is 8.82. The molecule has 1 heteroatoms. The summed E-state index contributed by atoms with van der Waals surface area (Å²) in [4.78, 5) is 0. The summed E-state index contributed by atoms with van der Waals surface area (Å²) in [7, 11) is 0. The Labute approximate surface area is 72.4 Å². The largest absolute Gasteiger partial charge is 0.396 e. The lowest BCUT2D eigenvalue weighted by atomic mass is 9.98. The van der Waals surface area contributed by atoms with E-state index in [2.05, 4.69) is 30.4 Å². The van der Waals surface area contributed by atoms with Gasteiger partial charge in [0, 0.05) is 12.5 Å². The lowest BCUT2D eigenvalue weighted by molar-refractivity contribution is 0.283. The van der Waals surface area contributed by atoms with E-state index in [9.17, 15) is 0 Å². The molecular weight excluding hydrogens is 148 g/mol. The fourth-order valence-electron chi connectivity index (χ4n) is 1.71. The van der Waals surface area contributed by atoms with Crippen LogP contribution in [0.1, 0.15) is 23.5 Å². The van der Waals surface area contributed by atoms with Gasteiger partial charge in [0.05, 0.1) is 0 Å². The molecule has 0 aliphatic heterocycles. The predicted octanol–water partition coefficient (Wildman–Crippen LogP) is 2.18. The Balaban J connectivity index is 2.30. The van der Waals surface area contributed by atoms with E-state index in [0.29, 0.717) is 5.92 Å². The van der Waals surface area contributed by atoms with Gasteiger partial charge in [-0.25, -0.2) is 0 Å². The van der Waals surface area contributed by atoms with Crippen molar-refractivity contribution in [3.63, 3.8) is 0 Å². The van der Waals surface area contributed by atoms with Crippen molar-refractivity contribution >= 4 is 6.08 Å². The molecule has 62 valence electrons. The Bertz CT molecular complexity index is 302. The van der Waals surface area contributed by atoms with Gasteiger partial charge in [-0.05, 0) is 17.5 Å². The molecule has 1 aliphatic rings. The molecule has 2 rings (SSSR count). The number of aliphatic hydroxyl groups is 1. The highest BCUT2D eigenvalue weighted by Gasteiger charge is 2.14. The number of rotatable bonds is 2. The van der Waals surface area contributed by atoms with E-state index in [4.69, 9.17) is 5.11 Å². The zero-order valence-electron chi connectivity index (χ0n) is 6.90. The summed E-state index contributed by atoms with van der Waals surface area (Å²) in [5.41, 5.74) is 2.66. The molecule has 1 N–H and O–H groups in total. The average molecular weight is 160 g/mol. The molecule has 0 bridgehead atoms. The van der Waals surface area contributed by atoms with Crippen molar-refractivity contribution in [1.29, 1.82) is 0 Å². The van der Waals surface area contributed by atoms with Crippen molar-refractivity contribution in [2.75, 3.05) is 6.61 Å². The fourth-order valence-corrected chi connectivity index (χ4v) is 1.71. The molecule has 0 saturated heterocycles. The second-order valence-electron chi connectivity index (χ2n) is 3.11. The molecule has 12 heavy (non-hydrogen) atoms. The first-order valence-corrected chi connectivity index (χ1v) is 4.30. The zero-order chi connectivity index (χ0) is 8.39. The Morgan fingerprint density at radius 1 is 1.25 bits per heavy atom. The van der Waals surface area contributed by atoms with Crippen LogP contribution in [-0.2, 0) is 0 Å². The highest BCUT2D eigenvalue weighted by atomic mass is 16.3. The number of aliphatic hydroxyl groups excluding tert-OH is 1. The standard InChI is InChI=1S/C11H12O/c12-8-7-10-6-5-9-3-1-2-4-11(9)10/h1-6,10,12H,7-8H2. The molecule has 1 unspecified atom stereocenters. The maximum absolute atomic E-state index is 8.82. The van der Waals surface area contributed by atoms with Crippen LogP contribution in [0.5, 0.6) is 0 Å². The van der Waals surface area contributed by atoms with E-state index in [-0.39, 0.29) is 6.61 Å². The summed E-state index contributed by atoms with van der Waals surface area (Å²) in [5, 5.41) is 8.82. The Morgan fingerprint density at radius 3 is 2.92 bits per heavy atom. The van der Waals surface area contributed by atoms with Gasteiger partial charge in [0.25, 0.3) is 0 Å². The monoisotopic (exact) mass is 160 g/mol. The van der Waals surface area contributed by atoms with Crippen LogP contribution < -0.4 is 0 Å². The lowest BCUT2D eigenvalue weighted by Crippen LogP contribution is -1.95. The number of fused-ring (bicyclic) bond motifs is 1. The van der Waals surface area contributed by atoms with Crippen LogP contribution in [0.25, 0.3) is 6.08 Å². The number of hydrogen-bond donors (Lipinski definition) is 1. The highest BCUT2D eigenvalue weighted by molar-refractivity contribution is 5.62. The van der Waals surface area contributed by atoms with E-state index in [0.717, 1.165) is 6.42 Å². The van der Waals surface area contributed by atoms with Gasteiger partial charge in [-0.1, -0.05) is 36.4 Å². The van der Waals surface area contributed by atoms with Crippen molar-refractivity contribution in [3.8, 4) is 0 Å². The molecule has 0 heterocycles. The first-order chi connectivity index (χ1) is 5.92. The molecule has 1 atom stereocenters. The van der Waals surface area contributed by atoms with E-state index in [1.54, 1.807) is 0 Å². The van der Waals surface area contributed by atoms with Crippen LogP contribution in [0.3, 0.4) is 0 Å². The third kappa shape index (κ3) is 1.16. The second kappa shape index (κ2) is 3.11. The molecule has 0 saturated carbocycles. The summed E-state index contributed by atoms with van der Waals surface area (Å²) < 4.78 is 0. The third-order valence-corrected chi connectivity index (χ3v) is 2.34. The minimum absolute atomic E-state index is 0.267. The molecule has 0 amide bonds. The van der Waals surface area contributed by atoms with Crippen molar-refractivity contribution in [1.82, 2.24) is 0 Å². The molecule has 0 aromatic heterocycles. The first-order valence-electron chi connectivity index (χ1n) is 4.30. The Morgan fingerprint density at radius 2 is 2.08 bits per heavy atom. The van der Waals surface area contributed by atoms with Gasteiger partial charge in [-0.15, -0.1) is 0 Å². The van der Waals surface area contributed by atoms with Crippen molar-refractivity contribution in [2.45, 2.75) is 12.3 Å². The quantitative estimate of drug-likeness (QED) is 0.703. The van der Waals surface area contributed by atoms with Crippen LogP contribution >= 0.6 is 0 Å². The molecule has 1 nitrogen and oxygen atoms in total. The van der Waals surface area contributed by atoms with Crippen LogP contribution in [-0.4, -0.2) is 11.7 Å². The summed E-state index contributed by atoms with van der Waals surface area (Å²) in [6.07, 6.45) is 5.14. The molecule has 1 aromatic rings. The number of allylic oxidation sites excluding steroid dienone is 1. The molecular formula is C11H12O. The summed E-state index contributed by atoms with van der Waals surface area (Å²) >= 11 is 0. The van der Waals surface area contributed by atoms with E-state index in [1.807, 2.05) is 6.07 Å². The third-order valence-electron chi connectivity index (χ3n) is 2.34. The van der Waals surface area contributed by atoms with Gasteiger partial charge in [0.15, 0.2) is 0 Å². The summed E-state index contributed by atoms with van der Waals surface area (Å²) in [6, 6.07) is 8.35. The smallest absolute Gasteiger partial charge is 0.0439 e. The van der Waals surface area contributed by atoms with Crippen LogP contribution in [0.2, 0.25) is 0 Å². The first kappa shape index (κ1) is 7.56. The van der Waals surface area contributed by atoms with Gasteiger partial charge in [-0.2, -0.15) is 0 Å². The zero-order valence-corrected chi connectivity index (χ0v) is 6.90. The predicted molar refractivity (Wildman–Crippen MR) is 49.9 cm³/mol. The molecule has 0 spiro atoms. The van der Waals surface area contributed by atoms with Gasteiger partial charge >= 0.3 is 0 Å². The van der Waals surface area contributed by atoms with Gasteiger partial charge in [0.1, 0.15) is 0 Å². The lowest BCUT2D eigenvalue weighted by Gasteiger charge is -2.07. The van der Waals surface area contributed by atoms with E-state index < -0.39 is 0 Å². The molecule has 0 radical (unpaired) electrons. The SMILES string of the molecule is OCCC1C=Cc2ccccc21. The minimum Gasteiger partial charge on any atom is -0.396 e. The maximum Gasteiger partial charge on any atom is 0.0439 e. The van der Waals surface area contributed by atoms with Crippen LogP contribution in [0.4, 0.5) is 0 Å². The van der Waals surface area contributed by atoms with Gasteiger partial charge in [-0.3, -0.25) is 0 Å². The number of hydrogen-bond acceptors (Lipinski definition) is 1. The van der Waals surface area contributed by atoms with Crippen molar-refractivity contribution < 1.29 is 5.11 Å². The van der Waals surface area contributed by atoms with Crippen LogP contribution in [0.15, 0.2) is 30.3 Å². The van der Waals surface area contributed by atoms with Crippen LogP contribution in [0, 0.1) is 0 Å². The average Bonchev–Trinajstić information content (AvgIpc) is 2.50. The molecule has 0 fully saturated rings.